The summed E-state index contributed by atoms with van der Waals surface area (Å²) in [6.45, 7) is 0. The van der Waals surface area contributed by atoms with Gasteiger partial charge in [0.2, 0.25) is 0 Å². The lowest BCUT2D eigenvalue weighted by atomic mass is 10.4. The Kier molecular flexibility index (Phi) is 4.07. The molecule has 1 unspecified atom stereocenters. The Morgan fingerprint density at radius 3 is 2.53 bits per heavy atom. The molecule has 1 amide bonds. The summed E-state index contributed by atoms with van der Waals surface area (Å²) in [7, 11) is 0. The molecule has 0 spiro atoms. The lowest BCUT2D eigenvalue weighted by molar-refractivity contribution is -0.482. The van der Waals surface area contributed by atoms with Gasteiger partial charge in [0.25, 0.3) is 0 Å². The van der Waals surface area contributed by atoms with E-state index < -0.39 is 16.2 Å². The average molecular weight is 227 g/mol. The van der Waals surface area contributed by atoms with E-state index in [1.165, 1.54) is 0 Å². The molecule has 0 aliphatic heterocycles. The molecule has 7 heteroatoms. The van der Waals surface area contributed by atoms with E-state index in [1.54, 1.807) is 35.8 Å². The van der Waals surface area contributed by atoms with E-state index in [0.29, 0.717) is 4.90 Å². The molecular weight excluding hydrogens is 218 g/mol. The Bertz CT molecular complexity index is 357. The molecule has 1 aromatic rings. The zero-order chi connectivity index (χ0) is 11.3. The van der Waals surface area contributed by atoms with Crippen molar-refractivity contribution in [1.29, 1.82) is 0 Å². The predicted molar refractivity (Wildman–Crippen MR) is 55.4 cm³/mol. The second-order valence-electron chi connectivity index (χ2n) is 2.58. The average Bonchev–Trinajstić information content (AvgIpc) is 2.26. The number of amides is 1. The van der Waals surface area contributed by atoms with Crippen LogP contribution in [-0.4, -0.2) is 16.2 Å². The van der Waals surface area contributed by atoms with Crippen LogP contribution in [0, 0.1) is 10.1 Å². The number of nitrogens with two attached hydrogens (primary N) is 1. The van der Waals surface area contributed by atoms with Crippen LogP contribution < -0.4 is 11.3 Å². The summed E-state index contributed by atoms with van der Waals surface area (Å²) >= 11 is 0.838. The fraction of sp³-hybridized carbons (Fsp3) is 0.125. The van der Waals surface area contributed by atoms with E-state index in [9.17, 15) is 14.9 Å². The van der Waals surface area contributed by atoms with E-state index in [2.05, 4.69) is 0 Å². The van der Waals surface area contributed by atoms with E-state index in [4.69, 9.17) is 5.84 Å². The first-order valence-electron chi connectivity index (χ1n) is 4.01. The van der Waals surface area contributed by atoms with Crippen LogP contribution in [0.3, 0.4) is 0 Å². The Hall–Kier alpha value is -1.60. The highest BCUT2D eigenvalue weighted by Crippen LogP contribution is 2.23. The standard InChI is InChI=1S/C8H9N3O3S/c9-10-7(12)8(11(13)14)15-6-4-2-1-3-5-6/h1-5,8H,9H2,(H,10,12). The summed E-state index contributed by atoms with van der Waals surface area (Å²) in [4.78, 5) is 21.6. The molecule has 0 heterocycles. The first-order valence-corrected chi connectivity index (χ1v) is 4.88. The first kappa shape index (κ1) is 11.5. The van der Waals surface area contributed by atoms with Gasteiger partial charge in [0.05, 0.1) is 0 Å². The van der Waals surface area contributed by atoms with Crippen molar-refractivity contribution in [2.45, 2.75) is 10.3 Å². The highest BCUT2D eigenvalue weighted by atomic mass is 32.2. The third-order valence-corrected chi connectivity index (χ3v) is 2.70. The van der Waals surface area contributed by atoms with Gasteiger partial charge in [-0.05, 0) is 23.9 Å². The SMILES string of the molecule is NNC(=O)C(Sc1ccccc1)[N+](=O)[O-]. The van der Waals surface area contributed by atoms with Crippen molar-refractivity contribution in [2.24, 2.45) is 5.84 Å². The minimum atomic E-state index is -1.42. The summed E-state index contributed by atoms with van der Waals surface area (Å²) in [5.41, 5.74) is 1.77. The summed E-state index contributed by atoms with van der Waals surface area (Å²) in [6.07, 6.45) is 0. The zero-order valence-corrected chi connectivity index (χ0v) is 8.44. The molecule has 3 N–H and O–H groups in total. The maximum Gasteiger partial charge on any atom is 0.340 e. The van der Waals surface area contributed by atoms with Gasteiger partial charge >= 0.3 is 11.3 Å². The number of hydrogen-bond donors (Lipinski definition) is 2. The van der Waals surface area contributed by atoms with Gasteiger partial charge < -0.3 is 0 Å². The first-order chi connectivity index (χ1) is 7.15. The van der Waals surface area contributed by atoms with Crippen LogP contribution in [0.25, 0.3) is 0 Å². The Labute approximate surface area is 90.0 Å². The topological polar surface area (TPSA) is 98.3 Å². The van der Waals surface area contributed by atoms with Gasteiger partial charge in [-0.25, -0.2) is 5.84 Å². The second kappa shape index (κ2) is 5.32. The van der Waals surface area contributed by atoms with Crippen molar-refractivity contribution >= 4 is 17.7 Å². The molecule has 0 aliphatic carbocycles. The molecule has 0 saturated heterocycles. The summed E-state index contributed by atoms with van der Waals surface area (Å²) in [5.74, 6) is 4.02. The number of carbonyl (C=O) groups excluding carboxylic acids is 1. The Balaban J connectivity index is 2.76. The number of rotatable bonds is 4. The van der Waals surface area contributed by atoms with E-state index in [0.717, 1.165) is 11.8 Å². The summed E-state index contributed by atoms with van der Waals surface area (Å²) in [5, 5.41) is 9.15. The molecule has 0 bridgehead atoms. The van der Waals surface area contributed by atoms with Gasteiger partial charge in [-0.3, -0.25) is 20.3 Å². The number of nitrogens with zero attached hydrogens (tertiary/aromatic N) is 1. The maximum absolute atomic E-state index is 11.1. The number of nitrogens with one attached hydrogen (secondary N) is 1. The number of hydrazine groups is 1. The maximum atomic E-state index is 11.1. The van der Waals surface area contributed by atoms with Crippen LogP contribution in [0.1, 0.15) is 0 Å². The van der Waals surface area contributed by atoms with Crippen LogP contribution in [0.4, 0.5) is 0 Å². The molecule has 15 heavy (non-hydrogen) atoms. The van der Waals surface area contributed by atoms with Crippen molar-refractivity contribution in [3.05, 3.63) is 40.4 Å². The summed E-state index contributed by atoms with van der Waals surface area (Å²) in [6, 6.07) is 8.63. The number of thioether (sulfide) groups is 1. The van der Waals surface area contributed by atoms with Crippen molar-refractivity contribution in [1.82, 2.24) is 5.43 Å². The highest BCUT2D eigenvalue weighted by Gasteiger charge is 2.30. The largest absolute Gasteiger partial charge is 0.340 e. The fourth-order valence-electron chi connectivity index (χ4n) is 0.892. The van der Waals surface area contributed by atoms with Gasteiger partial charge in [0.1, 0.15) is 0 Å². The molecule has 0 radical (unpaired) electrons. The van der Waals surface area contributed by atoms with Crippen LogP contribution >= 0.6 is 11.8 Å². The van der Waals surface area contributed by atoms with E-state index in [1.807, 2.05) is 0 Å². The third-order valence-electron chi connectivity index (χ3n) is 1.55. The molecule has 0 aliphatic rings. The minimum absolute atomic E-state index is 0.641. The molecule has 80 valence electrons. The second-order valence-corrected chi connectivity index (χ2v) is 3.73. The van der Waals surface area contributed by atoms with E-state index in [-0.39, 0.29) is 0 Å². The van der Waals surface area contributed by atoms with Crippen LogP contribution in [0.5, 0.6) is 0 Å². The molecule has 1 atom stereocenters. The van der Waals surface area contributed by atoms with E-state index >= 15 is 0 Å². The van der Waals surface area contributed by atoms with Crippen LogP contribution in [-0.2, 0) is 4.79 Å². The lowest BCUT2D eigenvalue weighted by Gasteiger charge is -2.06. The minimum Gasteiger partial charge on any atom is -0.287 e. The van der Waals surface area contributed by atoms with Crippen LogP contribution in [0.2, 0.25) is 0 Å². The van der Waals surface area contributed by atoms with Gasteiger partial charge in [0, 0.05) is 9.82 Å². The normalized spacial score (nSPS) is 11.8. The van der Waals surface area contributed by atoms with Gasteiger partial charge in [0.15, 0.2) is 0 Å². The number of benzene rings is 1. The third kappa shape index (κ3) is 3.22. The number of carbonyl (C=O) groups is 1. The van der Waals surface area contributed by atoms with Gasteiger partial charge in [-0.2, -0.15) is 0 Å². The fourth-order valence-corrected chi connectivity index (χ4v) is 1.72. The zero-order valence-electron chi connectivity index (χ0n) is 7.62. The van der Waals surface area contributed by atoms with Crippen molar-refractivity contribution in [3.8, 4) is 0 Å². The quantitative estimate of drug-likeness (QED) is 0.193. The summed E-state index contributed by atoms with van der Waals surface area (Å²) < 4.78 is 0. The van der Waals surface area contributed by atoms with Crippen LogP contribution in [0.15, 0.2) is 35.2 Å². The van der Waals surface area contributed by atoms with Gasteiger partial charge in [-0.15, -0.1) is 0 Å². The number of nitro groups is 1. The predicted octanol–water partition coefficient (Wildman–Crippen LogP) is 0.371. The molecule has 6 nitrogen and oxygen atoms in total. The highest BCUT2D eigenvalue weighted by molar-refractivity contribution is 8.00. The Morgan fingerprint density at radius 2 is 2.07 bits per heavy atom. The Morgan fingerprint density at radius 1 is 1.47 bits per heavy atom. The smallest absolute Gasteiger partial charge is 0.287 e. The molecule has 0 fully saturated rings. The molecule has 1 aromatic carbocycles. The monoisotopic (exact) mass is 227 g/mol. The van der Waals surface area contributed by atoms with Gasteiger partial charge in [-0.1, -0.05) is 18.2 Å². The number of hydrogen-bond acceptors (Lipinski definition) is 5. The van der Waals surface area contributed by atoms with Crippen molar-refractivity contribution in [2.75, 3.05) is 0 Å². The van der Waals surface area contributed by atoms with Crippen molar-refractivity contribution in [3.63, 3.8) is 0 Å². The lowest BCUT2D eigenvalue weighted by Crippen LogP contribution is -2.41. The molecule has 0 saturated carbocycles. The van der Waals surface area contributed by atoms with Crippen molar-refractivity contribution < 1.29 is 9.72 Å². The molecular formula is C8H9N3O3S. The molecule has 0 aromatic heterocycles. The molecule has 1 rings (SSSR count).